The second kappa shape index (κ2) is 9.03. The van der Waals surface area contributed by atoms with Crippen LogP contribution < -0.4 is 16.2 Å². The fourth-order valence-corrected chi connectivity index (χ4v) is 2.64. The molecular formula is C19H25N3O3. The molecule has 1 heterocycles. The lowest BCUT2D eigenvalue weighted by Crippen LogP contribution is -2.33. The lowest BCUT2D eigenvalue weighted by Gasteiger charge is -2.15. The summed E-state index contributed by atoms with van der Waals surface area (Å²) in [6.45, 7) is 4.66. The lowest BCUT2D eigenvalue weighted by atomic mass is 10.1. The Morgan fingerprint density at radius 2 is 2.00 bits per heavy atom. The van der Waals surface area contributed by atoms with Gasteiger partial charge in [0, 0.05) is 24.5 Å². The number of benzene rings is 1. The number of aliphatic hydroxyl groups excluding tert-OH is 1. The summed E-state index contributed by atoms with van der Waals surface area (Å²) >= 11 is 0. The SMILES string of the molecule is CC(O)CC(C)CNC(=O)Nc1cccc(Cn2ccccc2=O)c1. The van der Waals surface area contributed by atoms with Gasteiger partial charge in [-0.05, 0) is 43.0 Å². The van der Waals surface area contributed by atoms with E-state index in [1.165, 1.54) is 6.07 Å². The van der Waals surface area contributed by atoms with Gasteiger partial charge >= 0.3 is 6.03 Å². The van der Waals surface area contributed by atoms with Crippen molar-refractivity contribution in [2.45, 2.75) is 32.9 Å². The first kappa shape index (κ1) is 18.7. The molecule has 2 rings (SSSR count). The number of carbonyl (C=O) groups excluding carboxylic acids is 1. The molecule has 6 nitrogen and oxygen atoms in total. The number of pyridine rings is 1. The number of rotatable bonds is 7. The molecule has 0 fully saturated rings. The normalized spacial score (nSPS) is 13.1. The number of urea groups is 1. The zero-order chi connectivity index (χ0) is 18.2. The molecule has 1 aromatic carbocycles. The Hall–Kier alpha value is -2.60. The Morgan fingerprint density at radius 1 is 1.20 bits per heavy atom. The summed E-state index contributed by atoms with van der Waals surface area (Å²) in [5.41, 5.74) is 1.53. The largest absolute Gasteiger partial charge is 0.393 e. The van der Waals surface area contributed by atoms with Crippen molar-refractivity contribution in [2.24, 2.45) is 5.92 Å². The van der Waals surface area contributed by atoms with Crippen molar-refractivity contribution in [3.8, 4) is 0 Å². The van der Waals surface area contributed by atoms with E-state index in [0.717, 1.165) is 5.56 Å². The molecule has 3 N–H and O–H groups in total. The maximum absolute atomic E-state index is 12.0. The fraction of sp³-hybridized carbons (Fsp3) is 0.368. The highest BCUT2D eigenvalue weighted by molar-refractivity contribution is 5.89. The maximum atomic E-state index is 12.0. The van der Waals surface area contributed by atoms with Gasteiger partial charge in [-0.1, -0.05) is 25.1 Å². The highest BCUT2D eigenvalue weighted by Crippen LogP contribution is 2.11. The molecule has 0 bridgehead atoms. The molecule has 2 aromatic rings. The molecule has 6 heteroatoms. The summed E-state index contributed by atoms with van der Waals surface area (Å²) in [7, 11) is 0. The molecule has 2 unspecified atom stereocenters. The van der Waals surface area contributed by atoms with E-state index in [4.69, 9.17) is 0 Å². The predicted molar refractivity (Wildman–Crippen MR) is 98.7 cm³/mol. The first-order valence-electron chi connectivity index (χ1n) is 8.41. The van der Waals surface area contributed by atoms with Crippen LogP contribution in [0.5, 0.6) is 0 Å². The van der Waals surface area contributed by atoms with Crippen molar-refractivity contribution in [2.75, 3.05) is 11.9 Å². The number of anilines is 1. The van der Waals surface area contributed by atoms with Crippen molar-refractivity contribution in [3.05, 3.63) is 64.6 Å². The molecule has 0 aliphatic heterocycles. The highest BCUT2D eigenvalue weighted by atomic mass is 16.3. The standard InChI is InChI=1S/C19H25N3O3/c1-14(10-15(2)23)12-20-19(25)21-17-7-5-6-16(11-17)13-22-9-4-3-8-18(22)24/h3-9,11,14-15,23H,10,12-13H2,1-2H3,(H2,20,21,25). The average molecular weight is 343 g/mol. The molecule has 2 atom stereocenters. The number of nitrogens with one attached hydrogen (secondary N) is 2. The number of hydrogen-bond donors (Lipinski definition) is 3. The van der Waals surface area contributed by atoms with Crippen molar-refractivity contribution in [1.82, 2.24) is 9.88 Å². The molecule has 0 radical (unpaired) electrons. The number of nitrogens with zero attached hydrogens (tertiary/aromatic N) is 1. The first-order valence-corrected chi connectivity index (χ1v) is 8.41. The van der Waals surface area contributed by atoms with Crippen LogP contribution in [0, 0.1) is 5.92 Å². The van der Waals surface area contributed by atoms with Crippen molar-refractivity contribution in [3.63, 3.8) is 0 Å². The van der Waals surface area contributed by atoms with Crippen LogP contribution in [-0.4, -0.2) is 28.4 Å². The first-order chi connectivity index (χ1) is 11.9. The van der Waals surface area contributed by atoms with E-state index in [1.54, 1.807) is 29.8 Å². The number of hydrogen-bond acceptors (Lipinski definition) is 3. The minimum absolute atomic E-state index is 0.0642. The Bertz CT molecular complexity index is 755. The van der Waals surface area contributed by atoms with Gasteiger partial charge in [0.1, 0.15) is 0 Å². The van der Waals surface area contributed by atoms with Crippen LogP contribution in [0.25, 0.3) is 0 Å². The van der Waals surface area contributed by atoms with Crippen LogP contribution >= 0.6 is 0 Å². The fourth-order valence-electron chi connectivity index (χ4n) is 2.64. The third kappa shape index (κ3) is 6.43. The second-order valence-electron chi connectivity index (χ2n) is 6.39. The summed E-state index contributed by atoms with van der Waals surface area (Å²) in [6.07, 6.45) is 2.00. The van der Waals surface area contributed by atoms with E-state index in [1.807, 2.05) is 31.2 Å². The summed E-state index contributed by atoms with van der Waals surface area (Å²) in [5, 5.41) is 14.9. The van der Waals surface area contributed by atoms with Crippen LogP contribution in [0.2, 0.25) is 0 Å². The van der Waals surface area contributed by atoms with E-state index in [-0.39, 0.29) is 23.6 Å². The molecule has 0 spiro atoms. The minimum Gasteiger partial charge on any atom is -0.393 e. The molecule has 2 amide bonds. The molecule has 25 heavy (non-hydrogen) atoms. The Labute approximate surface area is 147 Å². The number of aromatic nitrogens is 1. The van der Waals surface area contributed by atoms with Crippen molar-refractivity contribution >= 4 is 11.7 Å². The molecule has 0 saturated heterocycles. The minimum atomic E-state index is -0.377. The molecule has 1 aromatic heterocycles. The van der Waals surface area contributed by atoms with E-state index in [9.17, 15) is 14.7 Å². The number of carbonyl (C=O) groups is 1. The maximum Gasteiger partial charge on any atom is 0.319 e. The summed E-state index contributed by atoms with van der Waals surface area (Å²) in [4.78, 5) is 23.8. The third-order valence-electron chi connectivity index (χ3n) is 3.79. The zero-order valence-corrected chi connectivity index (χ0v) is 14.6. The quantitative estimate of drug-likeness (QED) is 0.722. The molecule has 134 valence electrons. The van der Waals surface area contributed by atoms with Gasteiger partial charge in [-0.25, -0.2) is 4.79 Å². The van der Waals surface area contributed by atoms with Crippen molar-refractivity contribution < 1.29 is 9.90 Å². The summed E-state index contributed by atoms with van der Waals surface area (Å²) in [5.74, 6) is 0.196. The van der Waals surface area contributed by atoms with Gasteiger partial charge in [0.25, 0.3) is 5.56 Å². The van der Waals surface area contributed by atoms with Crippen LogP contribution in [0.1, 0.15) is 25.8 Å². The molecule has 0 aliphatic rings. The molecular weight excluding hydrogens is 318 g/mol. The molecule has 0 saturated carbocycles. The monoisotopic (exact) mass is 343 g/mol. The van der Waals surface area contributed by atoms with E-state index in [0.29, 0.717) is 25.2 Å². The van der Waals surface area contributed by atoms with E-state index >= 15 is 0 Å². The van der Waals surface area contributed by atoms with E-state index in [2.05, 4.69) is 10.6 Å². The van der Waals surface area contributed by atoms with Gasteiger partial charge < -0.3 is 20.3 Å². The smallest absolute Gasteiger partial charge is 0.319 e. The number of amides is 2. The Morgan fingerprint density at radius 3 is 2.72 bits per heavy atom. The van der Waals surface area contributed by atoms with Gasteiger partial charge in [-0.2, -0.15) is 0 Å². The van der Waals surface area contributed by atoms with Crippen LogP contribution in [0.4, 0.5) is 10.5 Å². The van der Waals surface area contributed by atoms with Crippen LogP contribution in [-0.2, 0) is 6.54 Å². The lowest BCUT2D eigenvalue weighted by molar-refractivity contribution is 0.163. The predicted octanol–water partition coefficient (Wildman–Crippen LogP) is 2.43. The van der Waals surface area contributed by atoms with Crippen LogP contribution in [0.3, 0.4) is 0 Å². The topological polar surface area (TPSA) is 83.4 Å². The zero-order valence-electron chi connectivity index (χ0n) is 14.6. The Balaban J connectivity index is 1.91. The van der Waals surface area contributed by atoms with Crippen molar-refractivity contribution in [1.29, 1.82) is 0 Å². The highest BCUT2D eigenvalue weighted by Gasteiger charge is 2.08. The summed E-state index contributed by atoms with van der Waals surface area (Å²) in [6, 6.07) is 12.2. The van der Waals surface area contributed by atoms with Gasteiger partial charge in [0.05, 0.1) is 12.6 Å². The number of aliphatic hydroxyl groups is 1. The average Bonchev–Trinajstić information content (AvgIpc) is 2.55. The van der Waals surface area contributed by atoms with E-state index < -0.39 is 0 Å². The van der Waals surface area contributed by atoms with Gasteiger partial charge in [0.2, 0.25) is 0 Å². The summed E-state index contributed by atoms with van der Waals surface area (Å²) < 4.78 is 1.61. The van der Waals surface area contributed by atoms with Gasteiger partial charge in [-0.15, -0.1) is 0 Å². The van der Waals surface area contributed by atoms with Crippen LogP contribution in [0.15, 0.2) is 53.5 Å². The van der Waals surface area contributed by atoms with Gasteiger partial charge in [-0.3, -0.25) is 4.79 Å². The van der Waals surface area contributed by atoms with Gasteiger partial charge in [0.15, 0.2) is 0 Å². The Kier molecular flexibility index (Phi) is 6.77. The third-order valence-corrected chi connectivity index (χ3v) is 3.79. The second-order valence-corrected chi connectivity index (χ2v) is 6.39. The molecule has 0 aliphatic carbocycles.